The molecule has 0 aromatic heterocycles. The number of likely N-dealkylation sites (N-methyl/N-ethyl adjacent to an activating group) is 1. The van der Waals surface area contributed by atoms with E-state index in [1.165, 1.54) is 12.8 Å². The van der Waals surface area contributed by atoms with Crippen molar-refractivity contribution in [3.63, 3.8) is 0 Å². The Hall–Kier alpha value is -2.68. The van der Waals surface area contributed by atoms with Crippen LogP contribution >= 0.6 is 15.9 Å². The summed E-state index contributed by atoms with van der Waals surface area (Å²) >= 11 is 3.53. The number of oxime groups is 1. The lowest BCUT2D eigenvalue weighted by Crippen LogP contribution is -2.42. The van der Waals surface area contributed by atoms with Gasteiger partial charge in [0, 0.05) is 52.2 Å². The number of hydrogen-bond donors (Lipinski definition) is 2. The van der Waals surface area contributed by atoms with Crippen LogP contribution < -0.4 is 10.6 Å². The van der Waals surface area contributed by atoms with Gasteiger partial charge < -0.3 is 20.4 Å². The average Bonchev–Trinajstić information content (AvgIpc) is 3.21. The highest BCUT2D eigenvalue weighted by atomic mass is 79.9. The van der Waals surface area contributed by atoms with Crippen molar-refractivity contribution in [2.24, 2.45) is 5.16 Å². The van der Waals surface area contributed by atoms with Crippen molar-refractivity contribution in [1.82, 2.24) is 9.80 Å². The fourth-order valence-electron chi connectivity index (χ4n) is 4.54. The van der Waals surface area contributed by atoms with Gasteiger partial charge in [-0.1, -0.05) is 39.3 Å². The number of piperidine rings is 1. The summed E-state index contributed by atoms with van der Waals surface area (Å²) in [6, 6.07) is 14.3. The van der Waals surface area contributed by atoms with Crippen LogP contribution in [0.1, 0.15) is 24.0 Å². The number of para-hydroxylation sites is 1. The predicted molar refractivity (Wildman–Crippen MR) is 142 cm³/mol. The first-order chi connectivity index (χ1) is 16.5. The summed E-state index contributed by atoms with van der Waals surface area (Å²) in [6.07, 6.45) is 3.23. The summed E-state index contributed by atoms with van der Waals surface area (Å²) in [5.41, 5.74) is 5.28. The van der Waals surface area contributed by atoms with E-state index in [2.05, 4.69) is 55.6 Å². The summed E-state index contributed by atoms with van der Waals surface area (Å²) in [6.45, 7) is 3.55. The Bertz CT molecular complexity index is 1090. The van der Waals surface area contributed by atoms with Gasteiger partial charge in [-0.25, -0.2) is 0 Å². The molecule has 0 unspecified atom stereocenters. The molecule has 0 aliphatic carbocycles. The molecule has 0 radical (unpaired) electrons. The zero-order valence-electron chi connectivity index (χ0n) is 20.0. The molecule has 2 aromatic carbocycles. The first-order valence-corrected chi connectivity index (χ1v) is 12.4. The van der Waals surface area contributed by atoms with Crippen LogP contribution in [0.5, 0.6) is 0 Å². The van der Waals surface area contributed by atoms with Crippen LogP contribution in [-0.4, -0.2) is 75.2 Å². The van der Waals surface area contributed by atoms with E-state index in [0.717, 1.165) is 52.9 Å². The third-order valence-corrected chi connectivity index (χ3v) is 7.10. The molecule has 2 aromatic rings. The van der Waals surface area contributed by atoms with Gasteiger partial charge in [0.15, 0.2) is 6.29 Å². The Morgan fingerprint density at radius 1 is 1.29 bits per heavy atom. The number of nitrogens with zero attached hydrogens (tertiary/aromatic N) is 3. The molecule has 2 heterocycles. The molecule has 2 aliphatic rings. The second kappa shape index (κ2) is 11.2. The smallest absolute Gasteiger partial charge is 0.152 e. The van der Waals surface area contributed by atoms with Crippen molar-refractivity contribution in [2.75, 3.05) is 58.0 Å². The molecule has 2 N–H and O–H groups in total. The first kappa shape index (κ1) is 24.4. The van der Waals surface area contributed by atoms with Gasteiger partial charge in [-0.2, -0.15) is 0 Å². The number of hydrogen-bond acceptors (Lipinski definition) is 7. The number of anilines is 2. The first-order valence-electron chi connectivity index (χ1n) is 11.6. The predicted octanol–water partition coefficient (Wildman–Crippen LogP) is 4.27. The minimum atomic E-state index is 0.483. The summed E-state index contributed by atoms with van der Waals surface area (Å²) < 4.78 is 0.892. The van der Waals surface area contributed by atoms with Crippen molar-refractivity contribution in [1.29, 1.82) is 0 Å². The van der Waals surface area contributed by atoms with Crippen LogP contribution in [0, 0.1) is 0 Å². The third-order valence-electron chi connectivity index (χ3n) is 6.61. The molecule has 8 heteroatoms. The monoisotopic (exact) mass is 525 g/mol. The normalized spacial score (nSPS) is 19.1. The van der Waals surface area contributed by atoms with Gasteiger partial charge in [0.25, 0.3) is 0 Å². The van der Waals surface area contributed by atoms with E-state index in [-0.39, 0.29) is 0 Å². The number of fused-ring (bicyclic) bond motifs is 1. The van der Waals surface area contributed by atoms with E-state index in [9.17, 15) is 4.79 Å². The molecule has 180 valence electrons. The average molecular weight is 526 g/mol. The molecule has 34 heavy (non-hydrogen) atoms. The molecular formula is C26H32BrN5O2. The van der Waals surface area contributed by atoms with E-state index in [4.69, 9.17) is 4.84 Å². The van der Waals surface area contributed by atoms with E-state index in [1.807, 2.05) is 49.5 Å². The molecule has 0 amide bonds. The van der Waals surface area contributed by atoms with Gasteiger partial charge in [0.2, 0.25) is 0 Å². The highest BCUT2D eigenvalue weighted by Crippen LogP contribution is 2.35. The maximum Gasteiger partial charge on any atom is 0.152 e. The fraction of sp³-hybridized carbons (Fsp3) is 0.385. The van der Waals surface area contributed by atoms with Crippen molar-refractivity contribution >= 4 is 44.9 Å². The number of halogens is 1. The Labute approximate surface area is 210 Å². The third kappa shape index (κ3) is 5.35. The van der Waals surface area contributed by atoms with E-state index in [0.29, 0.717) is 29.6 Å². The summed E-state index contributed by atoms with van der Waals surface area (Å²) in [5.74, 6) is 0. The number of carbonyl (C=O) groups is 1. The maximum absolute atomic E-state index is 12.3. The number of nitrogens with one attached hydrogen (secondary N) is 2. The number of aldehydes is 1. The molecule has 0 bridgehead atoms. The molecular weight excluding hydrogens is 494 g/mol. The maximum atomic E-state index is 12.3. The van der Waals surface area contributed by atoms with Gasteiger partial charge in [0.05, 0.1) is 5.70 Å². The second-order valence-corrected chi connectivity index (χ2v) is 9.72. The Kier molecular flexibility index (Phi) is 8.03. The van der Waals surface area contributed by atoms with Crippen LogP contribution in [0.4, 0.5) is 11.4 Å². The Morgan fingerprint density at radius 2 is 2.06 bits per heavy atom. The number of rotatable bonds is 8. The molecule has 2 aliphatic heterocycles. The molecule has 0 saturated carbocycles. The van der Waals surface area contributed by atoms with E-state index in [1.54, 1.807) is 0 Å². The molecule has 7 nitrogen and oxygen atoms in total. The zero-order chi connectivity index (χ0) is 24.1. The minimum absolute atomic E-state index is 0.483. The molecule has 4 rings (SSSR count). The van der Waals surface area contributed by atoms with Gasteiger partial charge >= 0.3 is 0 Å². The van der Waals surface area contributed by atoms with Crippen LogP contribution in [-0.2, 0) is 9.63 Å². The van der Waals surface area contributed by atoms with Crippen molar-refractivity contribution < 1.29 is 9.63 Å². The number of likely N-dealkylation sites (tertiary alicyclic amines) is 1. The van der Waals surface area contributed by atoms with Crippen molar-refractivity contribution in [2.45, 2.75) is 18.9 Å². The topological polar surface area (TPSA) is 69.2 Å². The summed E-state index contributed by atoms with van der Waals surface area (Å²) in [7, 11) is 6.17. The second-order valence-electron chi connectivity index (χ2n) is 8.81. The van der Waals surface area contributed by atoms with Crippen LogP contribution in [0.25, 0.3) is 5.57 Å². The Morgan fingerprint density at radius 3 is 2.79 bits per heavy atom. The van der Waals surface area contributed by atoms with Gasteiger partial charge in [-0.15, -0.1) is 0 Å². The van der Waals surface area contributed by atoms with Crippen LogP contribution in [0.2, 0.25) is 0 Å². The highest BCUT2D eigenvalue weighted by Gasteiger charge is 2.28. The zero-order valence-corrected chi connectivity index (χ0v) is 21.6. The molecule has 0 atom stereocenters. The molecule has 1 saturated heterocycles. The largest absolute Gasteiger partial charge is 0.394 e. The van der Waals surface area contributed by atoms with Crippen molar-refractivity contribution in [3.05, 3.63) is 63.8 Å². The number of benzene rings is 2. The standard InChI is InChI=1S/C26H32BrN5O2/c1-28-23-9-8-18(27)16-21(23)22(17-33)25-26(20-6-4-5-7-24(20)29-25)30-34-15-14-32(3)19-10-12-31(2)13-11-19/h4-9,16-17,19,28-29H,10-15H2,1-3H3/b25-22+,30-26+. The van der Waals surface area contributed by atoms with E-state index < -0.39 is 0 Å². The molecule has 1 fully saturated rings. The Balaban J connectivity index is 1.58. The minimum Gasteiger partial charge on any atom is -0.394 e. The van der Waals surface area contributed by atoms with Crippen LogP contribution in [0.3, 0.4) is 0 Å². The van der Waals surface area contributed by atoms with Gasteiger partial charge in [-0.3, -0.25) is 9.69 Å². The van der Waals surface area contributed by atoms with Gasteiger partial charge in [-0.05, 0) is 64.3 Å². The van der Waals surface area contributed by atoms with Crippen molar-refractivity contribution in [3.8, 4) is 0 Å². The lowest BCUT2D eigenvalue weighted by atomic mass is 10.00. The summed E-state index contributed by atoms with van der Waals surface area (Å²) in [4.78, 5) is 22.9. The number of allylic oxidation sites excluding steroid dienone is 2. The molecule has 0 spiro atoms. The fourth-order valence-corrected chi connectivity index (χ4v) is 4.91. The highest BCUT2D eigenvalue weighted by molar-refractivity contribution is 9.10. The quantitative estimate of drug-likeness (QED) is 0.232. The lowest BCUT2D eigenvalue weighted by Gasteiger charge is -2.34. The number of carbonyl (C=O) groups excluding carboxylic acids is 1. The lowest BCUT2D eigenvalue weighted by molar-refractivity contribution is -0.103. The SMILES string of the molecule is CNc1ccc(Br)cc1/C(C=O)=C1/Nc2ccccc2/C1=N\OCCN(C)C1CCN(C)CC1. The van der Waals surface area contributed by atoms with E-state index >= 15 is 0 Å². The summed E-state index contributed by atoms with van der Waals surface area (Å²) in [5, 5.41) is 11.1. The van der Waals surface area contributed by atoms with Crippen LogP contribution in [0.15, 0.2) is 57.8 Å². The van der Waals surface area contributed by atoms with Gasteiger partial charge in [0.1, 0.15) is 12.3 Å².